The number of carboxylic acid groups (broad SMARTS) is 1. The molecule has 0 aliphatic heterocycles. The summed E-state index contributed by atoms with van der Waals surface area (Å²) in [4.78, 5) is 28.1. The van der Waals surface area contributed by atoms with Crippen LogP contribution in [0, 0.1) is 0 Å². The standard InChI is InChI=1S/C25H23N5O5S/c31-24(29-36(34,35)21-9-5-2-6-10-21)28-22(17-18-7-3-1-4-8-18)23-26-15-16-30(23)20-13-11-19(12-14-20)27-25(32)33/h1-16,22,27H,17H2,(H,32,33)(H2,28,29,31). The maximum Gasteiger partial charge on any atom is 0.409 e. The zero-order chi connectivity index (χ0) is 25.5. The summed E-state index contributed by atoms with van der Waals surface area (Å²) in [5, 5.41) is 13.9. The molecule has 3 aromatic carbocycles. The smallest absolute Gasteiger partial charge is 0.409 e. The van der Waals surface area contributed by atoms with Crippen molar-refractivity contribution in [2.45, 2.75) is 17.4 Å². The minimum Gasteiger partial charge on any atom is -0.465 e. The first-order valence-corrected chi connectivity index (χ1v) is 12.4. The molecule has 1 heterocycles. The second-order valence-electron chi connectivity index (χ2n) is 7.77. The van der Waals surface area contributed by atoms with E-state index in [4.69, 9.17) is 5.11 Å². The molecule has 0 radical (unpaired) electrons. The van der Waals surface area contributed by atoms with Crippen molar-refractivity contribution < 1.29 is 23.1 Å². The van der Waals surface area contributed by atoms with Gasteiger partial charge in [-0.25, -0.2) is 27.7 Å². The molecule has 0 saturated carbocycles. The first kappa shape index (κ1) is 24.5. The number of rotatable bonds is 8. The number of carbonyl (C=O) groups is 2. The maximum atomic E-state index is 12.8. The summed E-state index contributed by atoms with van der Waals surface area (Å²) in [6, 6.07) is 22.0. The predicted octanol–water partition coefficient (Wildman–Crippen LogP) is 3.93. The van der Waals surface area contributed by atoms with Crippen molar-refractivity contribution in [2.24, 2.45) is 0 Å². The normalized spacial score (nSPS) is 11.9. The van der Waals surface area contributed by atoms with Crippen LogP contribution in [0.3, 0.4) is 0 Å². The fourth-order valence-corrected chi connectivity index (χ4v) is 4.58. The van der Waals surface area contributed by atoms with Crippen LogP contribution in [0.4, 0.5) is 15.3 Å². The number of nitrogens with one attached hydrogen (secondary N) is 3. The summed E-state index contributed by atoms with van der Waals surface area (Å²) in [6.07, 6.45) is 2.44. The molecular formula is C25H23N5O5S. The third kappa shape index (κ3) is 6.07. The highest BCUT2D eigenvalue weighted by Crippen LogP contribution is 2.22. The number of urea groups is 1. The van der Waals surface area contributed by atoms with E-state index in [-0.39, 0.29) is 4.90 Å². The van der Waals surface area contributed by atoms with Gasteiger partial charge in [-0.2, -0.15) is 0 Å². The minimum absolute atomic E-state index is 0.0312. The van der Waals surface area contributed by atoms with Gasteiger partial charge >= 0.3 is 12.1 Å². The zero-order valence-electron chi connectivity index (χ0n) is 18.9. The molecule has 3 amide bonds. The molecule has 0 fully saturated rings. The van der Waals surface area contributed by atoms with E-state index in [9.17, 15) is 18.0 Å². The maximum absolute atomic E-state index is 12.8. The van der Waals surface area contributed by atoms with E-state index in [0.717, 1.165) is 5.56 Å². The van der Waals surface area contributed by atoms with Gasteiger partial charge in [0.15, 0.2) is 0 Å². The molecule has 4 rings (SSSR count). The topological polar surface area (TPSA) is 142 Å². The van der Waals surface area contributed by atoms with Gasteiger partial charge in [0.2, 0.25) is 0 Å². The van der Waals surface area contributed by atoms with Crippen molar-refractivity contribution in [3.05, 3.63) is 109 Å². The number of hydrogen-bond donors (Lipinski definition) is 4. The highest BCUT2D eigenvalue weighted by Gasteiger charge is 2.24. The summed E-state index contributed by atoms with van der Waals surface area (Å²) in [5.41, 5.74) is 1.98. The molecule has 0 aliphatic carbocycles. The van der Waals surface area contributed by atoms with Crippen LogP contribution in [-0.2, 0) is 16.4 Å². The van der Waals surface area contributed by atoms with Crippen LogP contribution in [0.15, 0.2) is 102 Å². The number of amides is 3. The number of nitrogens with zero attached hydrogens (tertiary/aromatic N) is 2. The van der Waals surface area contributed by atoms with E-state index in [1.807, 2.05) is 30.3 Å². The van der Waals surface area contributed by atoms with Gasteiger partial charge in [-0.05, 0) is 48.4 Å². The predicted molar refractivity (Wildman–Crippen MR) is 133 cm³/mol. The summed E-state index contributed by atoms with van der Waals surface area (Å²) >= 11 is 0. The molecule has 1 aromatic heterocycles. The Morgan fingerprint density at radius 3 is 2.19 bits per heavy atom. The summed E-state index contributed by atoms with van der Waals surface area (Å²) in [6.45, 7) is 0. The molecule has 0 aliphatic rings. The number of sulfonamides is 1. The van der Waals surface area contributed by atoms with Crippen molar-refractivity contribution in [2.75, 3.05) is 5.32 Å². The number of carbonyl (C=O) groups excluding carboxylic acids is 1. The van der Waals surface area contributed by atoms with Gasteiger partial charge in [-0.1, -0.05) is 48.5 Å². The van der Waals surface area contributed by atoms with E-state index in [1.165, 1.54) is 12.1 Å². The summed E-state index contributed by atoms with van der Waals surface area (Å²) < 4.78 is 29.0. The van der Waals surface area contributed by atoms with Gasteiger partial charge < -0.3 is 15.0 Å². The zero-order valence-corrected chi connectivity index (χ0v) is 19.7. The molecule has 4 N–H and O–H groups in total. The van der Waals surface area contributed by atoms with Crippen molar-refractivity contribution in [3.63, 3.8) is 0 Å². The fourth-order valence-electron chi connectivity index (χ4n) is 3.64. The second kappa shape index (κ2) is 10.7. The molecule has 0 bridgehead atoms. The number of benzene rings is 3. The first-order valence-electron chi connectivity index (χ1n) is 10.9. The van der Waals surface area contributed by atoms with Gasteiger partial charge in [0.25, 0.3) is 10.0 Å². The molecule has 11 heteroatoms. The van der Waals surface area contributed by atoms with E-state index in [0.29, 0.717) is 23.6 Å². The summed E-state index contributed by atoms with van der Waals surface area (Å²) in [5.74, 6) is 0.463. The molecule has 1 atom stereocenters. The molecular weight excluding hydrogens is 482 g/mol. The Morgan fingerprint density at radius 2 is 1.56 bits per heavy atom. The van der Waals surface area contributed by atoms with E-state index >= 15 is 0 Å². The van der Waals surface area contributed by atoms with Crippen molar-refractivity contribution >= 4 is 27.8 Å². The van der Waals surface area contributed by atoms with E-state index in [1.54, 1.807) is 59.4 Å². The highest BCUT2D eigenvalue weighted by atomic mass is 32.2. The molecule has 36 heavy (non-hydrogen) atoms. The Balaban J connectivity index is 1.61. The second-order valence-corrected chi connectivity index (χ2v) is 9.45. The SMILES string of the molecule is O=C(O)Nc1ccc(-n2ccnc2C(Cc2ccccc2)NC(=O)NS(=O)(=O)c2ccccc2)cc1. The monoisotopic (exact) mass is 505 g/mol. The fraction of sp³-hybridized carbons (Fsp3) is 0.0800. The first-order chi connectivity index (χ1) is 17.3. The van der Waals surface area contributed by atoms with E-state index in [2.05, 4.69) is 20.3 Å². The average Bonchev–Trinajstić information content (AvgIpc) is 3.35. The van der Waals surface area contributed by atoms with Gasteiger partial charge in [0.05, 0.1) is 10.9 Å². The lowest BCUT2D eigenvalue weighted by Crippen LogP contribution is -2.42. The largest absolute Gasteiger partial charge is 0.465 e. The van der Waals surface area contributed by atoms with Crippen molar-refractivity contribution in [1.29, 1.82) is 0 Å². The van der Waals surface area contributed by atoms with E-state index < -0.39 is 28.2 Å². The number of anilines is 1. The van der Waals surface area contributed by atoms with Gasteiger partial charge in [0.1, 0.15) is 5.82 Å². The molecule has 184 valence electrons. The van der Waals surface area contributed by atoms with Crippen LogP contribution in [0.5, 0.6) is 0 Å². The highest BCUT2D eigenvalue weighted by molar-refractivity contribution is 7.90. The molecule has 0 spiro atoms. The summed E-state index contributed by atoms with van der Waals surface area (Å²) in [7, 11) is -4.07. The van der Waals surface area contributed by atoms with Crippen LogP contribution in [0.1, 0.15) is 17.4 Å². The molecule has 1 unspecified atom stereocenters. The van der Waals surface area contributed by atoms with Gasteiger partial charge in [-0.15, -0.1) is 0 Å². The average molecular weight is 506 g/mol. The number of imidazole rings is 1. The lowest BCUT2D eigenvalue weighted by atomic mass is 10.1. The number of hydrogen-bond acceptors (Lipinski definition) is 5. The van der Waals surface area contributed by atoms with Gasteiger partial charge in [-0.3, -0.25) is 5.32 Å². The Morgan fingerprint density at radius 1 is 0.917 bits per heavy atom. The lowest BCUT2D eigenvalue weighted by Gasteiger charge is -2.20. The van der Waals surface area contributed by atoms with Crippen LogP contribution >= 0.6 is 0 Å². The Labute approximate surface area is 207 Å². The van der Waals surface area contributed by atoms with Crippen molar-refractivity contribution in [1.82, 2.24) is 19.6 Å². The van der Waals surface area contributed by atoms with Gasteiger partial charge in [0, 0.05) is 23.8 Å². The van der Waals surface area contributed by atoms with Crippen LogP contribution < -0.4 is 15.4 Å². The molecule has 4 aromatic rings. The number of aromatic nitrogens is 2. The van der Waals surface area contributed by atoms with Crippen LogP contribution in [0.2, 0.25) is 0 Å². The molecule has 10 nitrogen and oxygen atoms in total. The Hall–Kier alpha value is -4.64. The Bertz CT molecular complexity index is 1440. The third-order valence-electron chi connectivity index (χ3n) is 5.25. The minimum atomic E-state index is -4.07. The van der Waals surface area contributed by atoms with Crippen LogP contribution in [0.25, 0.3) is 5.69 Å². The Kier molecular flexibility index (Phi) is 7.31. The molecule has 0 saturated heterocycles. The third-order valence-corrected chi connectivity index (χ3v) is 6.59. The van der Waals surface area contributed by atoms with Crippen LogP contribution in [-0.4, -0.2) is 35.2 Å². The quantitative estimate of drug-likeness (QED) is 0.286. The van der Waals surface area contributed by atoms with Crippen molar-refractivity contribution in [3.8, 4) is 5.69 Å². The lowest BCUT2D eigenvalue weighted by molar-refractivity contribution is 0.209.